The molecule has 1 saturated carbocycles. The molecule has 92 valence electrons. The van der Waals surface area contributed by atoms with Crippen LogP contribution in [-0.4, -0.2) is 23.3 Å². The molecule has 2 aliphatic rings. The summed E-state index contributed by atoms with van der Waals surface area (Å²) in [5.41, 5.74) is 5.52. The third-order valence-corrected chi connectivity index (χ3v) is 3.84. The quantitative estimate of drug-likeness (QED) is 0.803. The standard InChI is InChI=1S/C12H17N3O2/c1-16-12(5-2-6-12)11-14-10(17-15-11)8-3-4-9(13)7-8/h3-4,8-9H,2,5-7,13H2,1H3. The van der Waals surface area contributed by atoms with Crippen LogP contribution >= 0.6 is 0 Å². The van der Waals surface area contributed by atoms with Crippen molar-refractivity contribution in [1.82, 2.24) is 10.1 Å². The van der Waals surface area contributed by atoms with Gasteiger partial charge < -0.3 is 15.0 Å². The van der Waals surface area contributed by atoms with E-state index < -0.39 is 0 Å². The molecule has 0 aromatic carbocycles. The minimum atomic E-state index is -0.299. The van der Waals surface area contributed by atoms with Crippen molar-refractivity contribution in [1.29, 1.82) is 0 Å². The number of hydrogen-bond donors (Lipinski definition) is 1. The third-order valence-electron chi connectivity index (χ3n) is 3.84. The SMILES string of the molecule is COC1(c2noc(C3C=CC(N)C3)n2)CCC1. The van der Waals surface area contributed by atoms with E-state index in [1.165, 1.54) is 0 Å². The van der Waals surface area contributed by atoms with E-state index in [0.717, 1.165) is 25.7 Å². The fraction of sp³-hybridized carbons (Fsp3) is 0.667. The van der Waals surface area contributed by atoms with E-state index in [1.54, 1.807) is 7.11 Å². The Morgan fingerprint density at radius 1 is 1.47 bits per heavy atom. The van der Waals surface area contributed by atoms with Gasteiger partial charge in [-0.1, -0.05) is 17.3 Å². The van der Waals surface area contributed by atoms with Gasteiger partial charge in [-0.2, -0.15) is 4.98 Å². The van der Waals surface area contributed by atoms with Crippen LogP contribution in [0.1, 0.15) is 43.3 Å². The topological polar surface area (TPSA) is 74.2 Å². The van der Waals surface area contributed by atoms with Crippen molar-refractivity contribution >= 4 is 0 Å². The third kappa shape index (κ3) is 1.70. The highest BCUT2D eigenvalue weighted by atomic mass is 16.5. The van der Waals surface area contributed by atoms with Crippen molar-refractivity contribution < 1.29 is 9.26 Å². The van der Waals surface area contributed by atoms with Crippen molar-refractivity contribution in [2.24, 2.45) is 5.73 Å². The molecule has 1 heterocycles. The Hall–Kier alpha value is -1.20. The molecule has 1 aromatic rings. The second-order valence-electron chi connectivity index (χ2n) is 4.90. The minimum Gasteiger partial charge on any atom is -0.370 e. The highest BCUT2D eigenvalue weighted by Crippen LogP contribution is 2.43. The zero-order chi connectivity index (χ0) is 11.9. The highest BCUT2D eigenvalue weighted by molar-refractivity contribution is 5.17. The number of ether oxygens (including phenoxy) is 1. The zero-order valence-electron chi connectivity index (χ0n) is 9.93. The summed E-state index contributed by atoms with van der Waals surface area (Å²) >= 11 is 0. The molecular formula is C12H17N3O2. The lowest BCUT2D eigenvalue weighted by Crippen LogP contribution is -2.37. The van der Waals surface area contributed by atoms with E-state index in [2.05, 4.69) is 10.1 Å². The van der Waals surface area contributed by atoms with Crippen LogP contribution in [0.15, 0.2) is 16.7 Å². The summed E-state index contributed by atoms with van der Waals surface area (Å²) in [7, 11) is 1.71. The summed E-state index contributed by atoms with van der Waals surface area (Å²) in [5.74, 6) is 1.52. The largest absolute Gasteiger partial charge is 0.370 e. The molecule has 1 aromatic heterocycles. The van der Waals surface area contributed by atoms with E-state index in [0.29, 0.717) is 11.7 Å². The summed E-state index contributed by atoms with van der Waals surface area (Å²) in [6.45, 7) is 0. The summed E-state index contributed by atoms with van der Waals surface area (Å²) in [4.78, 5) is 4.48. The van der Waals surface area contributed by atoms with Gasteiger partial charge in [-0.05, 0) is 25.7 Å². The molecule has 0 amide bonds. The number of rotatable bonds is 3. The maximum atomic E-state index is 5.82. The Morgan fingerprint density at radius 3 is 2.82 bits per heavy atom. The molecule has 0 spiro atoms. The van der Waals surface area contributed by atoms with Gasteiger partial charge in [0.1, 0.15) is 5.60 Å². The average molecular weight is 235 g/mol. The maximum Gasteiger partial charge on any atom is 0.233 e. The highest BCUT2D eigenvalue weighted by Gasteiger charge is 2.43. The molecule has 0 bridgehead atoms. The summed E-state index contributed by atoms with van der Waals surface area (Å²) < 4.78 is 10.9. The van der Waals surface area contributed by atoms with Crippen LogP contribution in [0, 0.1) is 0 Å². The summed E-state index contributed by atoms with van der Waals surface area (Å²) in [6.07, 6.45) is 7.99. The second kappa shape index (κ2) is 3.92. The molecule has 1 fully saturated rings. The van der Waals surface area contributed by atoms with Gasteiger partial charge in [0.15, 0.2) is 0 Å². The van der Waals surface area contributed by atoms with Crippen LogP contribution in [0.2, 0.25) is 0 Å². The number of nitrogens with zero attached hydrogens (tertiary/aromatic N) is 2. The van der Waals surface area contributed by atoms with Gasteiger partial charge in [0.2, 0.25) is 11.7 Å². The summed E-state index contributed by atoms with van der Waals surface area (Å²) in [6, 6.07) is 0.107. The monoisotopic (exact) mass is 235 g/mol. The van der Waals surface area contributed by atoms with E-state index in [9.17, 15) is 0 Å². The lowest BCUT2D eigenvalue weighted by molar-refractivity contribution is -0.0858. The number of aromatic nitrogens is 2. The Kier molecular flexibility index (Phi) is 2.52. The number of nitrogens with two attached hydrogens (primary N) is 1. The van der Waals surface area contributed by atoms with E-state index in [1.807, 2.05) is 12.2 Å². The molecule has 2 aliphatic carbocycles. The average Bonchev–Trinajstić information content (AvgIpc) is 2.86. The van der Waals surface area contributed by atoms with Crippen LogP contribution in [0.25, 0.3) is 0 Å². The van der Waals surface area contributed by atoms with Gasteiger partial charge in [-0.25, -0.2) is 0 Å². The predicted molar refractivity (Wildman–Crippen MR) is 61.3 cm³/mol. The van der Waals surface area contributed by atoms with Crippen LogP contribution in [0.3, 0.4) is 0 Å². The molecule has 17 heavy (non-hydrogen) atoms. The minimum absolute atomic E-state index is 0.107. The predicted octanol–water partition coefficient (Wildman–Crippen LogP) is 1.47. The molecule has 5 nitrogen and oxygen atoms in total. The van der Waals surface area contributed by atoms with Gasteiger partial charge >= 0.3 is 0 Å². The molecule has 0 saturated heterocycles. The van der Waals surface area contributed by atoms with E-state index in [-0.39, 0.29) is 17.6 Å². The van der Waals surface area contributed by atoms with Crippen molar-refractivity contribution in [3.63, 3.8) is 0 Å². The Bertz CT molecular complexity index is 431. The molecule has 0 aliphatic heterocycles. The molecule has 5 heteroatoms. The zero-order valence-corrected chi connectivity index (χ0v) is 9.93. The first-order valence-electron chi connectivity index (χ1n) is 6.07. The number of allylic oxidation sites excluding steroid dienone is 1. The van der Waals surface area contributed by atoms with Crippen molar-refractivity contribution in [3.05, 3.63) is 23.9 Å². The van der Waals surface area contributed by atoms with Crippen LogP contribution in [0.4, 0.5) is 0 Å². The van der Waals surface area contributed by atoms with Crippen LogP contribution < -0.4 is 5.73 Å². The van der Waals surface area contributed by atoms with Crippen LogP contribution in [-0.2, 0) is 10.3 Å². The van der Waals surface area contributed by atoms with Crippen molar-refractivity contribution in [3.8, 4) is 0 Å². The fourth-order valence-corrected chi connectivity index (χ4v) is 2.50. The Balaban J connectivity index is 1.81. The van der Waals surface area contributed by atoms with Gasteiger partial charge in [0, 0.05) is 13.2 Å². The van der Waals surface area contributed by atoms with Crippen molar-refractivity contribution in [2.75, 3.05) is 7.11 Å². The summed E-state index contributed by atoms with van der Waals surface area (Å²) in [5, 5.41) is 4.07. The maximum absolute atomic E-state index is 5.82. The van der Waals surface area contributed by atoms with Crippen LogP contribution in [0.5, 0.6) is 0 Å². The van der Waals surface area contributed by atoms with Crippen molar-refractivity contribution in [2.45, 2.75) is 43.2 Å². The second-order valence-corrected chi connectivity index (χ2v) is 4.90. The number of hydrogen-bond acceptors (Lipinski definition) is 5. The molecule has 2 atom stereocenters. The first-order chi connectivity index (χ1) is 8.23. The molecule has 3 rings (SSSR count). The first kappa shape index (κ1) is 10.9. The number of methoxy groups -OCH3 is 1. The lowest BCUT2D eigenvalue weighted by atomic mass is 9.79. The molecule has 2 unspecified atom stereocenters. The Labute approximate surface area is 100 Å². The Morgan fingerprint density at radius 2 is 2.29 bits per heavy atom. The molecular weight excluding hydrogens is 218 g/mol. The first-order valence-corrected chi connectivity index (χ1v) is 6.07. The van der Waals surface area contributed by atoms with Gasteiger partial charge in [-0.15, -0.1) is 0 Å². The smallest absolute Gasteiger partial charge is 0.233 e. The van der Waals surface area contributed by atoms with E-state index >= 15 is 0 Å². The fourth-order valence-electron chi connectivity index (χ4n) is 2.50. The van der Waals surface area contributed by atoms with E-state index in [4.69, 9.17) is 15.0 Å². The molecule has 2 N–H and O–H groups in total. The van der Waals surface area contributed by atoms with Gasteiger partial charge in [0.25, 0.3) is 0 Å². The van der Waals surface area contributed by atoms with Gasteiger partial charge in [0.05, 0.1) is 5.92 Å². The normalized spacial score (nSPS) is 30.5. The lowest BCUT2D eigenvalue weighted by Gasteiger charge is -2.37. The van der Waals surface area contributed by atoms with Gasteiger partial charge in [-0.3, -0.25) is 0 Å². The molecule has 0 radical (unpaired) electrons.